The summed E-state index contributed by atoms with van der Waals surface area (Å²) in [5, 5.41) is 3.07. The summed E-state index contributed by atoms with van der Waals surface area (Å²) in [7, 11) is 0. The van der Waals surface area contributed by atoms with Crippen molar-refractivity contribution in [3.05, 3.63) is 59.9 Å². The van der Waals surface area contributed by atoms with Crippen molar-refractivity contribution in [3.8, 4) is 0 Å². The molecule has 3 N–H and O–H groups in total. The second-order valence-corrected chi connectivity index (χ2v) is 5.36. The number of hydrogen-bond acceptors (Lipinski definition) is 3. The number of nitrogens with zero attached hydrogens (tertiary/aromatic N) is 1. The van der Waals surface area contributed by atoms with Gasteiger partial charge in [0.1, 0.15) is 11.9 Å². The lowest BCUT2D eigenvalue weighted by Crippen LogP contribution is -2.43. The Bertz CT molecular complexity index is 749. The number of carbonyl (C=O) groups is 2. The number of carbonyl (C=O) groups excluding carboxylic acids is 2. The first-order chi connectivity index (χ1) is 11.1. The number of amides is 2. The molecular formula is C17H16FN3O2. The second-order valence-electron chi connectivity index (χ2n) is 5.36. The van der Waals surface area contributed by atoms with E-state index in [9.17, 15) is 14.0 Å². The van der Waals surface area contributed by atoms with Crippen LogP contribution < -0.4 is 16.0 Å². The molecule has 2 aromatic rings. The highest BCUT2D eigenvalue weighted by Crippen LogP contribution is 2.37. The molecule has 5 nitrogen and oxygen atoms in total. The molecule has 23 heavy (non-hydrogen) atoms. The van der Waals surface area contributed by atoms with Crippen molar-refractivity contribution in [2.45, 2.75) is 12.5 Å². The largest absolute Gasteiger partial charge is 0.370 e. The third-order valence-electron chi connectivity index (χ3n) is 3.78. The minimum Gasteiger partial charge on any atom is -0.370 e. The van der Waals surface area contributed by atoms with Gasteiger partial charge in [0.2, 0.25) is 5.91 Å². The van der Waals surface area contributed by atoms with Gasteiger partial charge in [-0.2, -0.15) is 0 Å². The van der Waals surface area contributed by atoms with Gasteiger partial charge < -0.3 is 16.0 Å². The summed E-state index contributed by atoms with van der Waals surface area (Å²) in [4.78, 5) is 25.4. The van der Waals surface area contributed by atoms with Gasteiger partial charge in [-0.25, -0.2) is 4.39 Å². The van der Waals surface area contributed by atoms with Gasteiger partial charge in [-0.05, 0) is 23.8 Å². The Balaban J connectivity index is 2.00. The molecule has 0 saturated carbocycles. The molecule has 1 unspecified atom stereocenters. The van der Waals surface area contributed by atoms with E-state index in [1.54, 1.807) is 0 Å². The lowest BCUT2D eigenvalue weighted by atomic mass is 10.0. The first-order valence-electron chi connectivity index (χ1n) is 7.27. The Morgan fingerprint density at radius 3 is 2.65 bits per heavy atom. The zero-order valence-corrected chi connectivity index (χ0v) is 12.3. The normalized spacial score (nSPS) is 16.7. The van der Waals surface area contributed by atoms with Crippen LogP contribution in [-0.4, -0.2) is 18.4 Å². The fourth-order valence-corrected chi connectivity index (χ4v) is 2.68. The van der Waals surface area contributed by atoms with Crippen LogP contribution in [0.5, 0.6) is 0 Å². The van der Waals surface area contributed by atoms with Crippen LogP contribution in [-0.2, 0) is 9.59 Å². The number of hydrogen-bond donors (Lipinski definition) is 2. The van der Waals surface area contributed by atoms with Gasteiger partial charge in [-0.1, -0.05) is 30.3 Å². The van der Waals surface area contributed by atoms with E-state index in [1.807, 2.05) is 30.3 Å². The fraction of sp³-hybridized carbons (Fsp3) is 0.176. The number of primary amides is 1. The van der Waals surface area contributed by atoms with Gasteiger partial charge in [-0.15, -0.1) is 0 Å². The van der Waals surface area contributed by atoms with Crippen molar-refractivity contribution in [2.75, 3.05) is 16.8 Å². The first-order valence-corrected chi connectivity index (χ1v) is 7.27. The Labute approximate surface area is 132 Å². The van der Waals surface area contributed by atoms with E-state index >= 15 is 0 Å². The van der Waals surface area contributed by atoms with Gasteiger partial charge >= 0.3 is 0 Å². The molecule has 1 aliphatic heterocycles. The van der Waals surface area contributed by atoms with Crippen molar-refractivity contribution < 1.29 is 14.0 Å². The monoisotopic (exact) mass is 313 g/mol. The van der Waals surface area contributed by atoms with Crippen molar-refractivity contribution in [2.24, 2.45) is 5.73 Å². The predicted octanol–water partition coefficient (Wildman–Crippen LogP) is 2.20. The molecule has 6 heteroatoms. The van der Waals surface area contributed by atoms with Crippen LogP contribution in [0.25, 0.3) is 0 Å². The van der Waals surface area contributed by atoms with Crippen LogP contribution in [0.3, 0.4) is 0 Å². The van der Waals surface area contributed by atoms with E-state index in [1.165, 1.54) is 23.1 Å². The van der Waals surface area contributed by atoms with Crippen LogP contribution in [0.4, 0.5) is 15.8 Å². The SMILES string of the molecule is NC(=O)CCN1C(=O)C(c2ccccc2)Nc2cc(F)ccc21. The Hall–Kier alpha value is -2.89. The maximum Gasteiger partial charge on any atom is 0.254 e. The fourth-order valence-electron chi connectivity index (χ4n) is 2.68. The van der Waals surface area contributed by atoms with E-state index in [4.69, 9.17) is 5.73 Å². The van der Waals surface area contributed by atoms with Gasteiger partial charge in [-0.3, -0.25) is 9.59 Å². The van der Waals surface area contributed by atoms with Crippen molar-refractivity contribution in [1.82, 2.24) is 0 Å². The molecule has 2 amide bonds. The molecule has 0 saturated heterocycles. The standard InChI is InChI=1S/C17H16FN3O2/c18-12-6-7-14-13(10-12)20-16(11-4-2-1-3-5-11)17(23)21(14)9-8-15(19)22/h1-7,10,16,20H,8-9H2,(H2,19,22). The summed E-state index contributed by atoms with van der Waals surface area (Å²) in [5.41, 5.74) is 7.03. The number of halogens is 1. The van der Waals surface area contributed by atoms with Crippen LogP contribution in [0.15, 0.2) is 48.5 Å². The Morgan fingerprint density at radius 1 is 1.22 bits per heavy atom. The molecule has 3 rings (SSSR count). The first kappa shape index (κ1) is 15.0. The second kappa shape index (κ2) is 6.08. The summed E-state index contributed by atoms with van der Waals surface area (Å²) in [6.07, 6.45) is 0.0457. The maximum absolute atomic E-state index is 13.5. The maximum atomic E-state index is 13.5. The van der Waals surface area contributed by atoms with Crippen LogP contribution >= 0.6 is 0 Å². The highest BCUT2D eigenvalue weighted by Gasteiger charge is 2.33. The number of anilines is 2. The third-order valence-corrected chi connectivity index (χ3v) is 3.78. The molecule has 0 spiro atoms. The number of nitrogens with two attached hydrogens (primary N) is 1. The van der Waals surface area contributed by atoms with E-state index in [0.717, 1.165) is 5.56 Å². The number of rotatable bonds is 4. The smallest absolute Gasteiger partial charge is 0.254 e. The number of nitrogens with one attached hydrogen (secondary N) is 1. The summed E-state index contributed by atoms with van der Waals surface area (Å²) in [6.45, 7) is 0.164. The predicted molar refractivity (Wildman–Crippen MR) is 85.4 cm³/mol. The average Bonchev–Trinajstić information content (AvgIpc) is 2.54. The molecule has 0 aliphatic carbocycles. The van der Waals surface area contributed by atoms with Crippen LogP contribution in [0.2, 0.25) is 0 Å². The van der Waals surface area contributed by atoms with E-state index in [0.29, 0.717) is 11.4 Å². The van der Waals surface area contributed by atoms with E-state index in [2.05, 4.69) is 5.32 Å². The molecule has 0 fully saturated rings. The van der Waals surface area contributed by atoms with Gasteiger partial charge in [0.15, 0.2) is 0 Å². The van der Waals surface area contributed by atoms with Gasteiger partial charge in [0.25, 0.3) is 5.91 Å². The molecule has 0 bridgehead atoms. The topological polar surface area (TPSA) is 75.4 Å². The molecule has 1 atom stereocenters. The minimum absolute atomic E-state index is 0.0457. The molecule has 2 aromatic carbocycles. The summed E-state index contributed by atoms with van der Waals surface area (Å²) in [5.74, 6) is -1.08. The third kappa shape index (κ3) is 3.01. The Morgan fingerprint density at radius 2 is 1.96 bits per heavy atom. The summed E-state index contributed by atoms with van der Waals surface area (Å²) in [6, 6.07) is 12.7. The Kier molecular flexibility index (Phi) is 3.97. The van der Waals surface area contributed by atoms with Crippen molar-refractivity contribution in [1.29, 1.82) is 0 Å². The summed E-state index contributed by atoms with van der Waals surface area (Å²) < 4.78 is 13.5. The zero-order chi connectivity index (χ0) is 16.4. The van der Waals surface area contributed by atoms with Gasteiger partial charge in [0.05, 0.1) is 11.4 Å². The van der Waals surface area contributed by atoms with Crippen LogP contribution in [0, 0.1) is 5.82 Å². The van der Waals surface area contributed by atoms with Gasteiger partial charge in [0, 0.05) is 13.0 Å². The minimum atomic E-state index is -0.627. The van der Waals surface area contributed by atoms with Crippen molar-refractivity contribution in [3.63, 3.8) is 0 Å². The van der Waals surface area contributed by atoms with E-state index in [-0.39, 0.29) is 18.9 Å². The lowest BCUT2D eigenvalue weighted by Gasteiger charge is -2.35. The number of fused-ring (bicyclic) bond motifs is 1. The lowest BCUT2D eigenvalue weighted by molar-refractivity contribution is -0.120. The number of benzene rings is 2. The average molecular weight is 313 g/mol. The highest BCUT2D eigenvalue weighted by atomic mass is 19.1. The molecule has 0 radical (unpaired) electrons. The van der Waals surface area contributed by atoms with Crippen LogP contribution in [0.1, 0.15) is 18.0 Å². The molecule has 118 valence electrons. The van der Waals surface area contributed by atoms with E-state index < -0.39 is 17.8 Å². The molecule has 0 aromatic heterocycles. The molecule has 1 heterocycles. The quantitative estimate of drug-likeness (QED) is 0.908. The molecular weight excluding hydrogens is 297 g/mol. The molecule has 1 aliphatic rings. The summed E-state index contributed by atoms with van der Waals surface area (Å²) >= 11 is 0. The highest BCUT2D eigenvalue weighted by molar-refractivity contribution is 6.05. The zero-order valence-electron chi connectivity index (χ0n) is 12.3. The van der Waals surface area contributed by atoms with Crippen molar-refractivity contribution >= 4 is 23.2 Å².